The third-order valence-electron chi connectivity index (χ3n) is 12.4. The Hall–Kier alpha value is -7.29. The molecule has 4 aromatic heterocycles. The highest BCUT2D eigenvalue weighted by atomic mass is 35.5. The maximum atomic E-state index is 12.3. The highest BCUT2D eigenvalue weighted by Crippen LogP contribution is 2.31. The van der Waals surface area contributed by atoms with Gasteiger partial charge in [-0.3, -0.25) is 0 Å². The largest absolute Gasteiger partial charge is 0.445 e. The van der Waals surface area contributed by atoms with Crippen molar-refractivity contribution in [3.8, 4) is 22.5 Å². The molecule has 4 aromatic carbocycles. The summed E-state index contributed by atoms with van der Waals surface area (Å²) in [5, 5.41) is 12.0. The summed E-state index contributed by atoms with van der Waals surface area (Å²) in [6.45, 7) is 4.59. The summed E-state index contributed by atoms with van der Waals surface area (Å²) in [6, 6.07) is 36.3. The number of amides is 2. The van der Waals surface area contributed by atoms with Gasteiger partial charge in [-0.05, 0) is 111 Å². The number of hydrogen-bond acceptors (Lipinski definition) is 10. The van der Waals surface area contributed by atoms with Crippen molar-refractivity contribution >= 4 is 51.5 Å². The molecule has 2 fully saturated rings. The third-order valence-corrected chi connectivity index (χ3v) is 12.6. The minimum atomic E-state index is -0.372. The quantitative estimate of drug-likeness (QED) is 0.0717. The molecule has 15 heteroatoms. The number of halogens is 1. The molecule has 14 nitrogen and oxygen atoms in total. The zero-order chi connectivity index (χ0) is 48.0. The van der Waals surface area contributed by atoms with Crippen molar-refractivity contribution in [3.63, 3.8) is 0 Å². The van der Waals surface area contributed by atoms with Gasteiger partial charge in [-0.1, -0.05) is 97.1 Å². The monoisotopic (exact) mass is 946 g/mol. The van der Waals surface area contributed by atoms with Crippen molar-refractivity contribution in [1.82, 2.24) is 40.5 Å². The molecule has 0 bridgehead atoms. The molecule has 356 valence electrons. The van der Waals surface area contributed by atoms with E-state index in [9.17, 15) is 9.59 Å². The van der Waals surface area contributed by atoms with Gasteiger partial charge in [0.15, 0.2) is 0 Å². The van der Waals surface area contributed by atoms with E-state index >= 15 is 0 Å². The number of nitrogens with two attached hydrogens (primary N) is 1. The number of benzene rings is 4. The van der Waals surface area contributed by atoms with Crippen molar-refractivity contribution in [2.75, 3.05) is 5.32 Å². The van der Waals surface area contributed by atoms with Gasteiger partial charge in [-0.2, -0.15) is 0 Å². The van der Waals surface area contributed by atoms with Gasteiger partial charge in [-0.15, -0.1) is 0 Å². The van der Waals surface area contributed by atoms with E-state index in [1.807, 2.05) is 123 Å². The summed E-state index contributed by atoms with van der Waals surface area (Å²) in [5.41, 5.74) is 16.0. The smallest absolute Gasteiger partial charge is 0.407 e. The van der Waals surface area contributed by atoms with E-state index in [1.54, 1.807) is 6.20 Å². The third kappa shape index (κ3) is 13.5. The predicted octanol–water partition coefficient (Wildman–Crippen LogP) is 11.4. The lowest BCUT2D eigenvalue weighted by Crippen LogP contribution is -2.42. The average molecular weight is 948 g/mol. The molecule has 0 unspecified atom stereocenters. The molecule has 0 radical (unpaired) electrons. The number of aromatic amines is 2. The fraction of sp³-hybridized carbons (Fsp3) is 0.296. The second kappa shape index (κ2) is 23.6. The number of nitrogens with zero attached hydrogens (tertiary/aromatic N) is 4. The Morgan fingerprint density at radius 2 is 1.10 bits per heavy atom. The minimum Gasteiger partial charge on any atom is -0.445 e. The summed E-state index contributed by atoms with van der Waals surface area (Å²) in [5.74, 6) is 0.614. The fourth-order valence-electron chi connectivity index (χ4n) is 8.87. The Kier molecular flexibility index (Phi) is 16.5. The number of para-hydroxylation sites is 2. The number of ether oxygens (including phenoxy) is 2. The number of carbonyl (C=O) groups is 2. The van der Waals surface area contributed by atoms with Crippen LogP contribution in [-0.4, -0.2) is 66.3 Å². The molecule has 2 aliphatic carbocycles. The number of rotatable bonds is 10. The van der Waals surface area contributed by atoms with Crippen LogP contribution in [0.25, 0.3) is 44.3 Å². The highest BCUT2D eigenvalue weighted by molar-refractivity contribution is 6.28. The molecule has 69 heavy (non-hydrogen) atoms. The molecule has 4 atom stereocenters. The number of aromatic nitrogens is 6. The first kappa shape index (κ1) is 48.2. The van der Waals surface area contributed by atoms with Crippen LogP contribution >= 0.6 is 11.6 Å². The van der Waals surface area contributed by atoms with E-state index in [4.69, 9.17) is 31.8 Å². The molecule has 8 aromatic rings. The zero-order valence-corrected chi connectivity index (χ0v) is 39.7. The first-order valence-electron chi connectivity index (χ1n) is 23.6. The summed E-state index contributed by atoms with van der Waals surface area (Å²) >= 11 is 5.85. The normalized spacial score (nSPS) is 17.6. The molecule has 4 heterocycles. The van der Waals surface area contributed by atoms with Crippen LogP contribution in [-0.2, 0) is 22.7 Å². The number of H-pyrrole nitrogens is 2. The lowest BCUT2D eigenvalue weighted by molar-refractivity contribution is 0.131. The first-order valence-corrected chi connectivity index (χ1v) is 23.9. The van der Waals surface area contributed by atoms with Crippen LogP contribution in [0.15, 0.2) is 134 Å². The molecule has 0 spiro atoms. The minimum absolute atomic E-state index is 0.0630. The molecule has 0 aliphatic heterocycles. The summed E-state index contributed by atoms with van der Waals surface area (Å²) in [4.78, 5) is 48.1. The van der Waals surface area contributed by atoms with Crippen LogP contribution in [0.1, 0.15) is 73.6 Å². The number of alkyl carbamates (subject to hydrolysis) is 2. The first-order chi connectivity index (χ1) is 33.6. The SMILES string of the molecule is Cc1cnc(Cl)nc1-c1c[nH]c2ccccc12.Cc1cnc(N[C@@H]2CCC[C@H](NC(=O)OCc3ccccc3)C2)nc1-c1c[nH]c2ccccc12.N[C@@H]1CCC[C@H](NC(=O)OCc2ccccc2)C1. The van der Waals surface area contributed by atoms with Gasteiger partial charge in [0, 0.05) is 81.9 Å². The topological polar surface area (TPSA) is 198 Å². The lowest BCUT2D eigenvalue weighted by Gasteiger charge is -2.30. The van der Waals surface area contributed by atoms with Crippen molar-refractivity contribution in [2.24, 2.45) is 5.73 Å². The molecule has 2 aliphatic rings. The van der Waals surface area contributed by atoms with Crippen LogP contribution in [0.5, 0.6) is 0 Å². The molecule has 2 amide bonds. The van der Waals surface area contributed by atoms with Crippen molar-refractivity contribution < 1.29 is 19.1 Å². The Morgan fingerprint density at radius 1 is 0.623 bits per heavy atom. The van der Waals surface area contributed by atoms with Crippen LogP contribution in [0.3, 0.4) is 0 Å². The number of nitrogens with one attached hydrogen (secondary N) is 5. The molecular weight excluding hydrogens is 888 g/mol. The van der Waals surface area contributed by atoms with Gasteiger partial charge in [-0.25, -0.2) is 29.5 Å². The van der Waals surface area contributed by atoms with Gasteiger partial charge in [0.2, 0.25) is 11.2 Å². The Balaban J connectivity index is 0.000000154. The van der Waals surface area contributed by atoms with Crippen molar-refractivity contribution in [3.05, 3.63) is 162 Å². The van der Waals surface area contributed by atoms with Crippen LogP contribution in [0.2, 0.25) is 5.28 Å². The molecule has 7 N–H and O–H groups in total. The van der Waals surface area contributed by atoms with Crippen molar-refractivity contribution in [1.29, 1.82) is 0 Å². The van der Waals surface area contributed by atoms with E-state index < -0.39 is 0 Å². The summed E-state index contributed by atoms with van der Waals surface area (Å²) in [7, 11) is 0. The fourth-order valence-corrected chi connectivity index (χ4v) is 9.00. The average Bonchev–Trinajstić information content (AvgIpc) is 4.00. The number of anilines is 1. The Bertz CT molecular complexity index is 2930. The molecular formula is C54H59ClN10O4. The van der Waals surface area contributed by atoms with E-state index in [0.717, 1.165) is 118 Å². The van der Waals surface area contributed by atoms with Gasteiger partial charge >= 0.3 is 12.2 Å². The van der Waals surface area contributed by atoms with Gasteiger partial charge in [0.25, 0.3) is 0 Å². The molecule has 2 saturated carbocycles. The van der Waals surface area contributed by atoms with Gasteiger partial charge < -0.3 is 41.1 Å². The van der Waals surface area contributed by atoms with E-state index in [2.05, 4.69) is 59.1 Å². The van der Waals surface area contributed by atoms with Crippen molar-refractivity contribution in [2.45, 2.75) is 103 Å². The Labute approximate surface area is 407 Å². The predicted molar refractivity (Wildman–Crippen MR) is 273 cm³/mol. The maximum absolute atomic E-state index is 12.3. The summed E-state index contributed by atoms with van der Waals surface area (Å²) in [6.07, 6.45) is 14.6. The van der Waals surface area contributed by atoms with Crippen LogP contribution < -0.4 is 21.7 Å². The lowest BCUT2D eigenvalue weighted by atomic mass is 9.91. The Morgan fingerprint density at radius 3 is 1.67 bits per heavy atom. The summed E-state index contributed by atoms with van der Waals surface area (Å²) < 4.78 is 10.6. The standard InChI is InChI=1S/C27H29N5O2.C14H20N2O2.C13H10ClN3/c1-18-15-29-26(32-25(18)23-16-28-24-13-6-5-12-22(23)24)30-20-10-7-11-21(14-20)31-27(33)34-17-19-8-3-2-4-9-19;15-12-7-4-8-13(9-12)16-14(17)18-10-11-5-2-1-3-6-11;1-8-6-16-13(14)17-12(8)10-7-15-11-5-3-2-4-9(10)11/h2-6,8-9,12-13,15-16,20-21,28H,7,10-11,14,17H2,1H3,(H,31,33)(H,29,30,32);1-3,5-6,12-13H,4,7-10,15H2,(H,16,17);2-7,15H,1H3/t20-,21+;12-,13+;/m11./s1. The van der Waals surface area contributed by atoms with Crippen LogP contribution in [0.4, 0.5) is 15.5 Å². The van der Waals surface area contributed by atoms with Gasteiger partial charge in [0.05, 0.1) is 11.4 Å². The van der Waals surface area contributed by atoms with E-state index in [0.29, 0.717) is 12.6 Å². The second-order valence-electron chi connectivity index (χ2n) is 17.6. The number of carbonyl (C=O) groups excluding carboxylic acids is 2. The molecule has 0 saturated heterocycles. The van der Waals surface area contributed by atoms with Crippen LogP contribution in [0, 0.1) is 13.8 Å². The number of aryl methyl sites for hydroxylation is 2. The zero-order valence-electron chi connectivity index (χ0n) is 39.0. The maximum Gasteiger partial charge on any atom is 0.407 e. The van der Waals surface area contributed by atoms with E-state index in [-0.39, 0.29) is 48.2 Å². The van der Waals surface area contributed by atoms with E-state index in [1.165, 1.54) is 0 Å². The molecule has 10 rings (SSSR count). The second-order valence-corrected chi connectivity index (χ2v) is 18.0. The number of hydrogen-bond donors (Lipinski definition) is 6. The number of fused-ring (bicyclic) bond motifs is 2. The van der Waals surface area contributed by atoms with Gasteiger partial charge in [0.1, 0.15) is 13.2 Å². The highest BCUT2D eigenvalue weighted by Gasteiger charge is 2.25.